The van der Waals surface area contributed by atoms with Crippen molar-refractivity contribution in [2.75, 3.05) is 22.9 Å². The molecule has 0 unspecified atom stereocenters. The number of aromatic hydroxyl groups is 1. The number of anilines is 4. The Morgan fingerprint density at radius 1 is 1.00 bits per heavy atom. The van der Waals surface area contributed by atoms with Crippen LogP contribution in [0, 0.1) is 0 Å². The highest BCUT2D eigenvalue weighted by Gasteiger charge is 2.04. The highest BCUT2D eigenvalue weighted by atomic mass is 16.3. The van der Waals surface area contributed by atoms with Gasteiger partial charge >= 0.3 is 0 Å². The molecule has 5 N–H and O–H groups in total. The van der Waals surface area contributed by atoms with E-state index in [1.165, 1.54) is 6.33 Å². The summed E-state index contributed by atoms with van der Waals surface area (Å²) in [7, 11) is 0. The molecular weight excluding hydrogens is 306 g/mol. The smallest absolute Gasteiger partial charge is 0.223 e. The van der Waals surface area contributed by atoms with E-state index in [0.29, 0.717) is 24.0 Å². The minimum atomic E-state index is 0.168. The number of nitrogens with one attached hydrogen (secondary N) is 2. The second-order valence-corrected chi connectivity index (χ2v) is 5.06. The van der Waals surface area contributed by atoms with Gasteiger partial charge in [-0.15, -0.1) is 0 Å². The van der Waals surface area contributed by atoms with Gasteiger partial charge in [-0.1, -0.05) is 12.1 Å². The summed E-state index contributed by atoms with van der Waals surface area (Å²) in [5, 5.41) is 15.5. The molecule has 3 rings (SSSR count). The molecule has 0 aliphatic heterocycles. The molecule has 0 aliphatic carbocycles. The Labute approximate surface area is 138 Å². The van der Waals surface area contributed by atoms with Crippen molar-refractivity contribution >= 4 is 23.4 Å². The summed E-state index contributed by atoms with van der Waals surface area (Å²) < 4.78 is 0. The quantitative estimate of drug-likeness (QED) is 0.543. The Kier molecular flexibility index (Phi) is 4.66. The fourth-order valence-corrected chi connectivity index (χ4v) is 2.11. The molecule has 0 saturated heterocycles. The van der Waals surface area contributed by atoms with Gasteiger partial charge in [0.05, 0.1) is 0 Å². The molecule has 0 amide bonds. The maximum atomic E-state index is 9.28. The minimum Gasteiger partial charge on any atom is -0.508 e. The van der Waals surface area contributed by atoms with Crippen LogP contribution in [0.3, 0.4) is 0 Å². The average Bonchev–Trinajstić information content (AvgIpc) is 2.57. The topological polar surface area (TPSA) is 122 Å². The molecule has 3 aromatic rings. The van der Waals surface area contributed by atoms with E-state index in [9.17, 15) is 5.11 Å². The lowest BCUT2D eigenvalue weighted by atomic mass is 10.1. The van der Waals surface area contributed by atoms with Crippen LogP contribution in [-0.4, -0.2) is 31.6 Å². The van der Waals surface area contributed by atoms with Gasteiger partial charge in [0.2, 0.25) is 5.95 Å². The van der Waals surface area contributed by atoms with Crippen LogP contribution >= 0.6 is 0 Å². The number of hydrogen-bond acceptors (Lipinski definition) is 8. The predicted molar refractivity (Wildman–Crippen MR) is 92.1 cm³/mol. The lowest BCUT2D eigenvalue weighted by molar-refractivity contribution is 0.475. The summed E-state index contributed by atoms with van der Waals surface area (Å²) >= 11 is 0. The van der Waals surface area contributed by atoms with Crippen LogP contribution in [0.25, 0.3) is 0 Å². The lowest BCUT2D eigenvalue weighted by Gasteiger charge is -2.09. The molecule has 0 aliphatic rings. The van der Waals surface area contributed by atoms with Crippen LogP contribution in [0.5, 0.6) is 5.75 Å². The zero-order valence-electron chi connectivity index (χ0n) is 12.8. The number of benzene rings is 1. The minimum absolute atomic E-state index is 0.168. The maximum Gasteiger partial charge on any atom is 0.223 e. The summed E-state index contributed by atoms with van der Waals surface area (Å²) in [6.45, 7) is 0.675. The maximum absolute atomic E-state index is 9.28. The van der Waals surface area contributed by atoms with Crippen molar-refractivity contribution in [1.82, 2.24) is 19.9 Å². The number of phenolic OH excluding ortho intramolecular Hbond substituents is 1. The van der Waals surface area contributed by atoms with E-state index >= 15 is 0 Å². The van der Waals surface area contributed by atoms with Gasteiger partial charge in [0.15, 0.2) is 0 Å². The number of rotatable bonds is 6. The van der Waals surface area contributed by atoms with Gasteiger partial charge in [0, 0.05) is 18.8 Å². The summed E-state index contributed by atoms with van der Waals surface area (Å²) in [4.78, 5) is 16.2. The third-order valence-corrected chi connectivity index (χ3v) is 3.24. The van der Waals surface area contributed by atoms with Crippen LogP contribution in [0.15, 0.2) is 48.9 Å². The van der Waals surface area contributed by atoms with Crippen molar-refractivity contribution < 1.29 is 5.11 Å². The molecule has 0 saturated carbocycles. The fraction of sp³-hybridized carbons (Fsp3) is 0.125. The van der Waals surface area contributed by atoms with Gasteiger partial charge in [-0.3, -0.25) is 0 Å². The van der Waals surface area contributed by atoms with Crippen molar-refractivity contribution in [2.24, 2.45) is 0 Å². The average molecular weight is 323 g/mol. The first-order valence-corrected chi connectivity index (χ1v) is 7.38. The molecule has 1 aromatic carbocycles. The molecule has 2 heterocycles. The molecule has 8 nitrogen and oxygen atoms in total. The van der Waals surface area contributed by atoms with E-state index in [1.807, 2.05) is 12.1 Å². The summed E-state index contributed by atoms with van der Waals surface area (Å²) in [5.74, 6) is 2.22. The predicted octanol–water partition coefficient (Wildman–Crippen LogP) is 1.95. The van der Waals surface area contributed by atoms with Crippen LogP contribution in [-0.2, 0) is 6.42 Å². The monoisotopic (exact) mass is 323 g/mol. The first kappa shape index (κ1) is 15.5. The van der Waals surface area contributed by atoms with Crippen molar-refractivity contribution in [1.29, 1.82) is 0 Å². The first-order chi connectivity index (χ1) is 11.7. The summed E-state index contributed by atoms with van der Waals surface area (Å²) in [6, 6.07) is 10.6. The fourth-order valence-electron chi connectivity index (χ4n) is 2.11. The number of phenols is 1. The number of nitrogen functional groups attached to an aromatic ring is 1. The van der Waals surface area contributed by atoms with E-state index in [1.54, 1.807) is 30.5 Å². The molecule has 2 aromatic heterocycles. The largest absolute Gasteiger partial charge is 0.508 e. The second kappa shape index (κ2) is 7.23. The van der Waals surface area contributed by atoms with Crippen molar-refractivity contribution in [3.8, 4) is 5.75 Å². The Morgan fingerprint density at radius 2 is 1.79 bits per heavy atom. The van der Waals surface area contributed by atoms with E-state index in [0.717, 1.165) is 12.0 Å². The van der Waals surface area contributed by atoms with Gasteiger partial charge < -0.3 is 21.5 Å². The molecule has 0 atom stereocenters. The van der Waals surface area contributed by atoms with Gasteiger partial charge in [0.25, 0.3) is 0 Å². The molecule has 0 bridgehead atoms. The van der Waals surface area contributed by atoms with E-state index in [4.69, 9.17) is 5.73 Å². The van der Waals surface area contributed by atoms with Gasteiger partial charge in [-0.25, -0.2) is 9.97 Å². The third-order valence-electron chi connectivity index (χ3n) is 3.24. The second-order valence-electron chi connectivity index (χ2n) is 5.06. The molecular formula is C16H17N7O. The van der Waals surface area contributed by atoms with Crippen molar-refractivity contribution in [2.45, 2.75) is 6.42 Å². The molecule has 0 spiro atoms. The highest BCUT2D eigenvalue weighted by molar-refractivity contribution is 5.57. The standard InChI is InChI=1S/C16H17N7O/c17-16-22-14(19-8-5-11-1-3-12(24)4-2-11)9-15(23-16)21-13-6-7-18-10-20-13/h1-4,6-7,9-10,24H,5,8H2,(H4,17,18,19,20,21,22,23). The number of nitrogens with zero attached hydrogens (tertiary/aromatic N) is 4. The van der Waals surface area contributed by atoms with Crippen molar-refractivity contribution in [3.63, 3.8) is 0 Å². The van der Waals surface area contributed by atoms with Crippen LogP contribution < -0.4 is 16.4 Å². The third kappa shape index (κ3) is 4.29. The van der Waals surface area contributed by atoms with Crippen molar-refractivity contribution in [3.05, 3.63) is 54.5 Å². The molecule has 122 valence electrons. The Balaban J connectivity index is 1.62. The lowest BCUT2D eigenvalue weighted by Crippen LogP contribution is -2.09. The SMILES string of the molecule is Nc1nc(NCCc2ccc(O)cc2)cc(Nc2ccncn2)n1. The number of nitrogens with two attached hydrogens (primary N) is 1. The highest BCUT2D eigenvalue weighted by Crippen LogP contribution is 2.16. The zero-order chi connectivity index (χ0) is 16.8. The summed E-state index contributed by atoms with van der Waals surface area (Å²) in [5.41, 5.74) is 6.86. The first-order valence-electron chi connectivity index (χ1n) is 7.38. The Morgan fingerprint density at radius 3 is 2.54 bits per heavy atom. The van der Waals surface area contributed by atoms with E-state index in [2.05, 4.69) is 30.6 Å². The van der Waals surface area contributed by atoms with Gasteiger partial charge in [-0.2, -0.15) is 9.97 Å². The molecule has 0 radical (unpaired) electrons. The molecule has 0 fully saturated rings. The number of aromatic nitrogens is 4. The van der Waals surface area contributed by atoms with E-state index in [-0.39, 0.29) is 11.7 Å². The number of hydrogen-bond donors (Lipinski definition) is 4. The normalized spacial score (nSPS) is 10.3. The van der Waals surface area contributed by atoms with Crippen LogP contribution in [0.2, 0.25) is 0 Å². The molecule has 24 heavy (non-hydrogen) atoms. The van der Waals surface area contributed by atoms with Crippen LogP contribution in [0.4, 0.5) is 23.4 Å². The van der Waals surface area contributed by atoms with Gasteiger partial charge in [0.1, 0.15) is 29.5 Å². The van der Waals surface area contributed by atoms with Gasteiger partial charge in [-0.05, 0) is 30.2 Å². The Hall–Kier alpha value is -3.42. The van der Waals surface area contributed by atoms with Crippen LogP contribution in [0.1, 0.15) is 5.56 Å². The molecule has 8 heteroatoms. The summed E-state index contributed by atoms with van der Waals surface area (Å²) in [6.07, 6.45) is 3.87. The zero-order valence-corrected chi connectivity index (χ0v) is 12.8. The van der Waals surface area contributed by atoms with E-state index < -0.39 is 0 Å². The Bertz CT molecular complexity index is 793.